The second kappa shape index (κ2) is 4.21. The van der Waals surface area contributed by atoms with Crippen molar-refractivity contribution < 1.29 is 8.78 Å². The van der Waals surface area contributed by atoms with Crippen molar-refractivity contribution in [1.82, 2.24) is 4.98 Å². The number of aromatic nitrogens is 1. The van der Waals surface area contributed by atoms with E-state index in [1.54, 1.807) is 30.3 Å². The van der Waals surface area contributed by atoms with E-state index in [0.29, 0.717) is 22.2 Å². The Morgan fingerprint density at radius 2 is 1.84 bits per heavy atom. The van der Waals surface area contributed by atoms with Gasteiger partial charge in [0, 0.05) is 22.7 Å². The molecule has 3 rings (SSSR count). The van der Waals surface area contributed by atoms with Crippen LogP contribution in [0.5, 0.6) is 0 Å². The van der Waals surface area contributed by atoms with Gasteiger partial charge < -0.3 is 4.98 Å². The van der Waals surface area contributed by atoms with E-state index in [1.165, 1.54) is 6.07 Å². The lowest BCUT2D eigenvalue weighted by molar-refractivity contribution is 0.591. The summed E-state index contributed by atoms with van der Waals surface area (Å²) in [5, 5.41) is 9.50. The Balaban J connectivity index is 2.27. The van der Waals surface area contributed by atoms with E-state index in [0.717, 1.165) is 6.07 Å². The van der Waals surface area contributed by atoms with E-state index in [2.05, 4.69) is 11.1 Å². The number of hydrogen-bond acceptors (Lipinski definition) is 1. The molecule has 2 aromatic carbocycles. The summed E-state index contributed by atoms with van der Waals surface area (Å²) in [6.07, 6.45) is 0. The van der Waals surface area contributed by atoms with Gasteiger partial charge in [0.2, 0.25) is 0 Å². The van der Waals surface area contributed by atoms with Crippen LogP contribution in [0.4, 0.5) is 8.78 Å². The van der Waals surface area contributed by atoms with Crippen molar-refractivity contribution in [3.05, 3.63) is 59.7 Å². The zero-order valence-corrected chi connectivity index (χ0v) is 9.74. The summed E-state index contributed by atoms with van der Waals surface area (Å²) in [5.74, 6) is -1.26. The molecule has 0 aliphatic heterocycles. The molecular formula is C15H8F2N2. The molecule has 0 atom stereocenters. The van der Waals surface area contributed by atoms with E-state index in [9.17, 15) is 8.78 Å². The fourth-order valence-electron chi connectivity index (χ4n) is 2.13. The Bertz CT molecular complexity index is 813. The third kappa shape index (κ3) is 1.85. The van der Waals surface area contributed by atoms with E-state index >= 15 is 0 Å². The first kappa shape index (κ1) is 11.4. The topological polar surface area (TPSA) is 39.6 Å². The van der Waals surface area contributed by atoms with E-state index in [-0.39, 0.29) is 5.52 Å². The van der Waals surface area contributed by atoms with Gasteiger partial charge in [-0.3, -0.25) is 0 Å². The predicted molar refractivity (Wildman–Crippen MR) is 68.4 cm³/mol. The van der Waals surface area contributed by atoms with Gasteiger partial charge in [0.05, 0.1) is 17.1 Å². The molecule has 1 aromatic heterocycles. The third-order valence-electron chi connectivity index (χ3n) is 2.98. The summed E-state index contributed by atoms with van der Waals surface area (Å²) >= 11 is 0. The standard InChI is InChI=1S/C15H8F2N2/c16-11-5-10-6-14(19-15(10)13(17)7-11)12-4-2-1-3-9(12)8-18/h1-7,19H. The maximum absolute atomic E-state index is 13.6. The number of halogens is 2. The van der Waals surface area contributed by atoms with Crippen molar-refractivity contribution in [1.29, 1.82) is 5.26 Å². The quantitative estimate of drug-likeness (QED) is 0.700. The molecule has 2 nitrogen and oxygen atoms in total. The lowest BCUT2D eigenvalue weighted by Gasteiger charge is -1.99. The lowest BCUT2D eigenvalue weighted by Crippen LogP contribution is -1.84. The molecule has 4 heteroatoms. The van der Waals surface area contributed by atoms with Crippen LogP contribution >= 0.6 is 0 Å². The minimum Gasteiger partial charge on any atom is -0.352 e. The number of rotatable bonds is 1. The number of nitrogens with one attached hydrogen (secondary N) is 1. The fourth-order valence-corrected chi connectivity index (χ4v) is 2.13. The van der Waals surface area contributed by atoms with Gasteiger partial charge in [-0.15, -0.1) is 0 Å². The van der Waals surface area contributed by atoms with Crippen LogP contribution in [0.15, 0.2) is 42.5 Å². The molecule has 92 valence electrons. The van der Waals surface area contributed by atoms with Crippen LogP contribution < -0.4 is 0 Å². The highest BCUT2D eigenvalue weighted by Crippen LogP contribution is 2.28. The molecular weight excluding hydrogens is 246 g/mol. The highest BCUT2D eigenvalue weighted by molar-refractivity contribution is 5.87. The maximum atomic E-state index is 13.6. The van der Waals surface area contributed by atoms with Crippen LogP contribution in [-0.2, 0) is 0 Å². The first-order valence-electron chi connectivity index (χ1n) is 5.66. The van der Waals surface area contributed by atoms with Gasteiger partial charge in [-0.2, -0.15) is 5.26 Å². The summed E-state index contributed by atoms with van der Waals surface area (Å²) in [6, 6.07) is 12.8. The SMILES string of the molecule is N#Cc1ccccc1-c1cc2cc(F)cc(F)c2[nH]1. The van der Waals surface area contributed by atoms with Crippen molar-refractivity contribution in [3.63, 3.8) is 0 Å². The molecule has 19 heavy (non-hydrogen) atoms. The van der Waals surface area contributed by atoms with Gasteiger partial charge in [-0.1, -0.05) is 18.2 Å². The molecule has 0 saturated heterocycles. The van der Waals surface area contributed by atoms with Crippen LogP contribution in [-0.4, -0.2) is 4.98 Å². The zero-order chi connectivity index (χ0) is 13.4. The van der Waals surface area contributed by atoms with Crippen molar-refractivity contribution in [2.75, 3.05) is 0 Å². The van der Waals surface area contributed by atoms with Gasteiger partial charge in [-0.05, 0) is 18.2 Å². The summed E-state index contributed by atoms with van der Waals surface area (Å²) in [6.45, 7) is 0. The molecule has 3 aromatic rings. The largest absolute Gasteiger partial charge is 0.352 e. The molecule has 0 radical (unpaired) electrons. The second-order valence-electron chi connectivity index (χ2n) is 4.19. The number of H-pyrrole nitrogens is 1. The Morgan fingerprint density at radius 1 is 1.05 bits per heavy atom. The first-order valence-corrected chi connectivity index (χ1v) is 5.66. The number of nitrogens with zero attached hydrogens (tertiary/aromatic N) is 1. The van der Waals surface area contributed by atoms with Crippen LogP contribution in [0.25, 0.3) is 22.2 Å². The number of benzene rings is 2. The van der Waals surface area contributed by atoms with Crippen LogP contribution in [0.1, 0.15) is 5.56 Å². The van der Waals surface area contributed by atoms with E-state index < -0.39 is 11.6 Å². The molecule has 0 amide bonds. The molecule has 0 spiro atoms. The molecule has 0 aliphatic carbocycles. The molecule has 1 N–H and O–H groups in total. The average Bonchev–Trinajstić information content (AvgIpc) is 2.82. The molecule has 0 saturated carbocycles. The van der Waals surface area contributed by atoms with Crippen LogP contribution in [0, 0.1) is 23.0 Å². The highest BCUT2D eigenvalue weighted by atomic mass is 19.1. The van der Waals surface area contributed by atoms with Gasteiger partial charge >= 0.3 is 0 Å². The Morgan fingerprint density at radius 3 is 2.63 bits per heavy atom. The Hall–Kier alpha value is -2.67. The smallest absolute Gasteiger partial charge is 0.150 e. The van der Waals surface area contributed by atoms with Gasteiger partial charge in [-0.25, -0.2) is 8.78 Å². The molecule has 0 bridgehead atoms. The van der Waals surface area contributed by atoms with Crippen molar-refractivity contribution in [2.45, 2.75) is 0 Å². The monoisotopic (exact) mass is 254 g/mol. The summed E-state index contributed by atoms with van der Waals surface area (Å²) in [5.41, 5.74) is 1.98. The predicted octanol–water partition coefficient (Wildman–Crippen LogP) is 3.98. The number of aromatic amines is 1. The fraction of sp³-hybridized carbons (Fsp3) is 0. The van der Waals surface area contributed by atoms with Crippen molar-refractivity contribution in [2.24, 2.45) is 0 Å². The second-order valence-corrected chi connectivity index (χ2v) is 4.19. The average molecular weight is 254 g/mol. The highest BCUT2D eigenvalue weighted by Gasteiger charge is 2.11. The van der Waals surface area contributed by atoms with Crippen LogP contribution in [0.2, 0.25) is 0 Å². The van der Waals surface area contributed by atoms with Crippen LogP contribution in [0.3, 0.4) is 0 Å². The normalized spacial score (nSPS) is 10.6. The molecule has 0 unspecified atom stereocenters. The van der Waals surface area contributed by atoms with E-state index in [4.69, 9.17) is 5.26 Å². The van der Waals surface area contributed by atoms with Crippen molar-refractivity contribution in [3.8, 4) is 17.3 Å². The molecule has 0 aliphatic rings. The van der Waals surface area contributed by atoms with Gasteiger partial charge in [0.15, 0.2) is 0 Å². The number of hydrogen-bond donors (Lipinski definition) is 1. The zero-order valence-electron chi connectivity index (χ0n) is 9.74. The Labute approximate surface area is 107 Å². The maximum Gasteiger partial charge on any atom is 0.150 e. The van der Waals surface area contributed by atoms with Crippen molar-refractivity contribution >= 4 is 10.9 Å². The van der Waals surface area contributed by atoms with Gasteiger partial charge in [0.25, 0.3) is 0 Å². The minimum atomic E-state index is -0.643. The summed E-state index contributed by atoms with van der Waals surface area (Å²) < 4.78 is 26.8. The molecule has 1 heterocycles. The number of nitriles is 1. The number of fused-ring (bicyclic) bond motifs is 1. The molecule has 0 fully saturated rings. The third-order valence-corrected chi connectivity index (χ3v) is 2.98. The summed E-state index contributed by atoms with van der Waals surface area (Å²) in [7, 11) is 0. The van der Waals surface area contributed by atoms with Gasteiger partial charge in [0.1, 0.15) is 11.6 Å². The lowest BCUT2D eigenvalue weighted by atomic mass is 10.1. The van der Waals surface area contributed by atoms with E-state index in [1.807, 2.05) is 0 Å². The first-order chi connectivity index (χ1) is 9.19. The minimum absolute atomic E-state index is 0.240. The Kier molecular flexibility index (Phi) is 2.53. The summed E-state index contributed by atoms with van der Waals surface area (Å²) in [4.78, 5) is 2.89.